The average molecular weight is 279 g/mol. The summed E-state index contributed by atoms with van der Waals surface area (Å²) in [7, 11) is 1.97. The van der Waals surface area contributed by atoms with Gasteiger partial charge >= 0.3 is 0 Å². The van der Waals surface area contributed by atoms with Gasteiger partial charge in [0.05, 0.1) is 25.3 Å². The fraction of sp³-hybridized carbons (Fsp3) is 0.833. The summed E-state index contributed by atoms with van der Waals surface area (Å²) in [5, 5.41) is 20.7. The minimum Gasteiger partial charge on any atom is -0.301 e. The van der Waals surface area contributed by atoms with Gasteiger partial charge in [0.15, 0.2) is 5.82 Å². The SMILES string of the molecule is Cc1nnn(CCCONC2CC[C@@H](C#N)N(C)C2)n1. The van der Waals surface area contributed by atoms with Gasteiger partial charge in [0.25, 0.3) is 0 Å². The van der Waals surface area contributed by atoms with Gasteiger partial charge in [-0.15, -0.1) is 10.2 Å². The second kappa shape index (κ2) is 7.28. The van der Waals surface area contributed by atoms with Gasteiger partial charge in [-0.2, -0.15) is 15.5 Å². The molecule has 0 bridgehead atoms. The lowest BCUT2D eigenvalue weighted by Crippen LogP contribution is -2.48. The van der Waals surface area contributed by atoms with Crippen LogP contribution in [0.15, 0.2) is 0 Å². The molecule has 0 aromatic carbocycles. The molecule has 0 aliphatic carbocycles. The number of nitrogens with one attached hydrogen (secondary N) is 1. The second-order valence-corrected chi connectivity index (χ2v) is 5.11. The van der Waals surface area contributed by atoms with Crippen molar-refractivity contribution in [3.05, 3.63) is 5.82 Å². The first-order valence-electron chi connectivity index (χ1n) is 6.90. The summed E-state index contributed by atoms with van der Waals surface area (Å²) in [4.78, 5) is 9.11. The molecule has 2 heterocycles. The van der Waals surface area contributed by atoms with Crippen molar-refractivity contribution in [3.63, 3.8) is 0 Å². The summed E-state index contributed by atoms with van der Waals surface area (Å²) in [6, 6.07) is 2.63. The van der Waals surface area contributed by atoms with Crippen molar-refractivity contribution in [3.8, 4) is 6.07 Å². The molecule has 0 radical (unpaired) electrons. The Bertz CT molecular complexity index is 455. The van der Waals surface area contributed by atoms with Crippen LogP contribution < -0.4 is 5.48 Å². The molecular weight excluding hydrogens is 258 g/mol. The van der Waals surface area contributed by atoms with Crippen molar-refractivity contribution >= 4 is 0 Å². The topological polar surface area (TPSA) is 91.9 Å². The van der Waals surface area contributed by atoms with Crippen LogP contribution in [-0.2, 0) is 11.4 Å². The molecule has 1 aromatic heterocycles. The number of aromatic nitrogens is 4. The largest absolute Gasteiger partial charge is 0.301 e. The van der Waals surface area contributed by atoms with Crippen molar-refractivity contribution in [2.45, 2.75) is 44.8 Å². The monoisotopic (exact) mass is 279 g/mol. The Labute approximate surface area is 118 Å². The van der Waals surface area contributed by atoms with E-state index in [9.17, 15) is 0 Å². The third-order valence-corrected chi connectivity index (χ3v) is 3.39. The highest BCUT2D eigenvalue weighted by molar-refractivity contribution is 4.95. The summed E-state index contributed by atoms with van der Waals surface area (Å²) in [6.45, 7) is 3.95. The Balaban J connectivity index is 1.56. The molecule has 1 aromatic rings. The zero-order chi connectivity index (χ0) is 14.4. The Morgan fingerprint density at radius 1 is 1.50 bits per heavy atom. The van der Waals surface area contributed by atoms with Crippen LogP contribution in [0.25, 0.3) is 0 Å². The van der Waals surface area contributed by atoms with Crippen molar-refractivity contribution in [2.24, 2.45) is 0 Å². The van der Waals surface area contributed by atoms with Gasteiger partial charge in [0, 0.05) is 12.6 Å². The van der Waals surface area contributed by atoms with Gasteiger partial charge in [0.2, 0.25) is 0 Å². The number of nitriles is 1. The average Bonchev–Trinajstić information content (AvgIpc) is 2.84. The smallest absolute Gasteiger partial charge is 0.171 e. The third-order valence-electron chi connectivity index (χ3n) is 3.39. The van der Waals surface area contributed by atoms with Crippen LogP contribution in [0.5, 0.6) is 0 Å². The summed E-state index contributed by atoms with van der Waals surface area (Å²) >= 11 is 0. The van der Waals surface area contributed by atoms with Crippen LogP contribution in [-0.4, -0.2) is 57.4 Å². The van der Waals surface area contributed by atoms with E-state index >= 15 is 0 Å². The Morgan fingerprint density at radius 2 is 2.35 bits per heavy atom. The zero-order valence-corrected chi connectivity index (χ0v) is 12.0. The maximum atomic E-state index is 8.94. The molecule has 1 saturated heterocycles. The highest BCUT2D eigenvalue weighted by Crippen LogP contribution is 2.14. The first kappa shape index (κ1) is 14.8. The summed E-state index contributed by atoms with van der Waals surface area (Å²) in [5.74, 6) is 0.682. The van der Waals surface area contributed by atoms with Gasteiger partial charge in [-0.1, -0.05) is 0 Å². The number of hydrogen-bond acceptors (Lipinski definition) is 7. The molecule has 1 unspecified atom stereocenters. The van der Waals surface area contributed by atoms with E-state index in [2.05, 4.69) is 31.9 Å². The van der Waals surface area contributed by atoms with Gasteiger partial charge in [-0.05, 0) is 38.4 Å². The molecule has 1 aliphatic rings. The molecule has 110 valence electrons. The van der Waals surface area contributed by atoms with E-state index < -0.39 is 0 Å². The van der Waals surface area contributed by atoms with Gasteiger partial charge in [-0.3, -0.25) is 4.90 Å². The number of hydroxylamine groups is 1. The van der Waals surface area contributed by atoms with Gasteiger partial charge in [-0.25, -0.2) is 0 Å². The molecule has 1 N–H and O–H groups in total. The lowest BCUT2D eigenvalue weighted by atomic mass is 10.0. The summed E-state index contributed by atoms with van der Waals surface area (Å²) in [6.07, 6.45) is 2.68. The number of piperidine rings is 1. The third kappa shape index (κ3) is 4.23. The van der Waals surface area contributed by atoms with E-state index in [4.69, 9.17) is 10.1 Å². The predicted octanol–water partition coefficient (Wildman–Crippen LogP) is -0.121. The van der Waals surface area contributed by atoms with Crippen molar-refractivity contribution in [1.29, 1.82) is 5.26 Å². The maximum absolute atomic E-state index is 8.94. The van der Waals surface area contributed by atoms with E-state index in [1.807, 2.05) is 14.0 Å². The normalized spacial score (nSPS) is 23.6. The predicted molar refractivity (Wildman–Crippen MR) is 71.3 cm³/mol. The molecule has 20 heavy (non-hydrogen) atoms. The Kier molecular flexibility index (Phi) is 5.40. The molecule has 1 aliphatic heterocycles. The van der Waals surface area contributed by atoms with Crippen molar-refractivity contribution in [1.82, 2.24) is 30.6 Å². The molecule has 1 fully saturated rings. The quantitative estimate of drug-likeness (QED) is 0.573. The molecule has 0 saturated carbocycles. The fourth-order valence-corrected chi connectivity index (χ4v) is 2.28. The number of aryl methyl sites for hydroxylation is 2. The van der Waals surface area contributed by atoms with Gasteiger partial charge < -0.3 is 4.84 Å². The van der Waals surface area contributed by atoms with Crippen molar-refractivity contribution in [2.75, 3.05) is 20.2 Å². The lowest BCUT2D eigenvalue weighted by Gasteiger charge is -2.33. The standard InChI is InChI=1S/C12H21N7O/c1-10-14-17-19(15-10)6-3-7-20-16-11-4-5-12(8-13)18(2)9-11/h11-12,16H,3-7,9H2,1-2H3/t11?,12-/m0/s1. The lowest BCUT2D eigenvalue weighted by molar-refractivity contribution is -0.00801. The Morgan fingerprint density at radius 3 is 3.00 bits per heavy atom. The second-order valence-electron chi connectivity index (χ2n) is 5.11. The van der Waals surface area contributed by atoms with Crippen LogP contribution in [0.4, 0.5) is 0 Å². The van der Waals surface area contributed by atoms with E-state index in [1.165, 1.54) is 0 Å². The van der Waals surface area contributed by atoms with E-state index in [0.29, 0.717) is 19.0 Å². The minimum absolute atomic E-state index is 0.0367. The van der Waals surface area contributed by atoms with Crippen LogP contribution in [0, 0.1) is 18.3 Å². The summed E-state index contributed by atoms with van der Waals surface area (Å²) in [5.41, 5.74) is 3.07. The summed E-state index contributed by atoms with van der Waals surface area (Å²) < 4.78 is 0. The number of rotatable bonds is 6. The molecule has 8 nitrogen and oxygen atoms in total. The molecule has 8 heteroatoms. The zero-order valence-electron chi connectivity index (χ0n) is 12.0. The van der Waals surface area contributed by atoms with E-state index in [1.54, 1.807) is 4.80 Å². The Hall–Kier alpha value is -1.56. The number of nitrogens with zero attached hydrogens (tertiary/aromatic N) is 6. The van der Waals surface area contributed by atoms with Crippen LogP contribution >= 0.6 is 0 Å². The van der Waals surface area contributed by atoms with Crippen LogP contribution in [0.3, 0.4) is 0 Å². The highest BCUT2D eigenvalue weighted by Gasteiger charge is 2.25. The number of hydrogen-bond donors (Lipinski definition) is 1. The maximum Gasteiger partial charge on any atom is 0.171 e. The number of tetrazole rings is 1. The highest BCUT2D eigenvalue weighted by atomic mass is 16.6. The first-order chi connectivity index (χ1) is 9.69. The molecular formula is C12H21N7O. The first-order valence-corrected chi connectivity index (χ1v) is 6.90. The van der Waals surface area contributed by atoms with Crippen LogP contribution in [0.2, 0.25) is 0 Å². The molecule has 2 rings (SSSR count). The number of likely N-dealkylation sites (tertiary alicyclic amines) is 1. The number of likely N-dealkylation sites (N-methyl/N-ethyl adjacent to an activating group) is 1. The van der Waals surface area contributed by atoms with Crippen molar-refractivity contribution < 1.29 is 4.84 Å². The molecule has 0 amide bonds. The van der Waals surface area contributed by atoms with E-state index in [-0.39, 0.29) is 12.1 Å². The fourth-order valence-electron chi connectivity index (χ4n) is 2.28. The van der Waals surface area contributed by atoms with Gasteiger partial charge in [0.1, 0.15) is 0 Å². The molecule has 0 spiro atoms. The van der Waals surface area contributed by atoms with Crippen LogP contribution in [0.1, 0.15) is 25.1 Å². The van der Waals surface area contributed by atoms with E-state index in [0.717, 1.165) is 25.8 Å². The molecule has 2 atom stereocenters. The minimum atomic E-state index is 0.0367.